The van der Waals surface area contributed by atoms with Crippen molar-refractivity contribution in [3.8, 4) is 0 Å². The van der Waals surface area contributed by atoms with Crippen molar-refractivity contribution < 1.29 is 0 Å². The smallest absolute Gasteiger partial charge is 0.0888 e. The van der Waals surface area contributed by atoms with Crippen LogP contribution in [0.5, 0.6) is 0 Å². The Morgan fingerprint density at radius 1 is 1.45 bits per heavy atom. The second-order valence-corrected chi connectivity index (χ2v) is 8.52. The second kappa shape index (κ2) is 7.58. The van der Waals surface area contributed by atoms with E-state index in [-0.39, 0.29) is 6.04 Å². The van der Waals surface area contributed by atoms with E-state index in [4.69, 9.17) is 11.6 Å². The normalized spacial score (nSPS) is 12.7. The van der Waals surface area contributed by atoms with Gasteiger partial charge in [0.2, 0.25) is 0 Å². The van der Waals surface area contributed by atoms with Crippen LogP contribution in [0, 0.1) is 10.5 Å². The van der Waals surface area contributed by atoms with Crippen LogP contribution in [0.3, 0.4) is 0 Å². The van der Waals surface area contributed by atoms with Crippen LogP contribution >= 0.6 is 61.5 Å². The number of hydrogen-bond acceptors (Lipinski definition) is 2. The lowest BCUT2D eigenvalue weighted by Gasteiger charge is -2.20. The lowest BCUT2D eigenvalue weighted by Crippen LogP contribution is -2.23. The minimum atomic E-state index is 0.204. The fraction of sp³-hybridized carbons (Fsp3) is 0.333. The van der Waals surface area contributed by atoms with Crippen LogP contribution < -0.4 is 5.32 Å². The van der Waals surface area contributed by atoms with Crippen molar-refractivity contribution in [1.29, 1.82) is 0 Å². The van der Waals surface area contributed by atoms with Gasteiger partial charge in [-0.25, -0.2) is 0 Å². The highest BCUT2D eigenvalue weighted by molar-refractivity contribution is 14.1. The van der Waals surface area contributed by atoms with Gasteiger partial charge in [0, 0.05) is 8.45 Å². The van der Waals surface area contributed by atoms with Gasteiger partial charge in [-0.15, -0.1) is 11.3 Å². The quantitative estimate of drug-likeness (QED) is 0.501. The molecule has 0 radical (unpaired) electrons. The molecule has 0 aliphatic heterocycles. The first-order valence-electron chi connectivity index (χ1n) is 6.47. The number of halogens is 3. The van der Waals surface area contributed by atoms with Gasteiger partial charge in [-0.3, -0.25) is 0 Å². The number of aryl methyl sites for hydroxylation is 1. The maximum absolute atomic E-state index is 6.20. The molecule has 2 rings (SSSR count). The van der Waals surface area contributed by atoms with Crippen molar-refractivity contribution in [1.82, 2.24) is 5.32 Å². The molecule has 0 saturated heterocycles. The largest absolute Gasteiger partial charge is 0.306 e. The lowest BCUT2D eigenvalue weighted by atomic mass is 10.0. The lowest BCUT2D eigenvalue weighted by molar-refractivity contribution is 0.603. The number of rotatable bonds is 5. The highest BCUT2D eigenvalue weighted by Gasteiger charge is 2.20. The molecule has 0 aliphatic carbocycles. The number of thiophene rings is 1. The van der Waals surface area contributed by atoms with E-state index < -0.39 is 0 Å². The van der Waals surface area contributed by atoms with E-state index in [1.807, 2.05) is 0 Å². The molecule has 2 aromatic rings. The minimum absolute atomic E-state index is 0.204. The van der Waals surface area contributed by atoms with Crippen molar-refractivity contribution >= 4 is 61.5 Å². The molecule has 0 bridgehead atoms. The summed E-state index contributed by atoms with van der Waals surface area (Å²) in [7, 11) is 0. The fourth-order valence-corrected chi connectivity index (χ4v) is 4.56. The Labute approximate surface area is 151 Å². The molecule has 0 amide bonds. The summed E-state index contributed by atoms with van der Waals surface area (Å²) in [4.78, 5) is 1.25. The van der Waals surface area contributed by atoms with E-state index in [9.17, 15) is 0 Å². The Kier molecular flexibility index (Phi) is 6.35. The highest BCUT2D eigenvalue weighted by Crippen LogP contribution is 2.38. The fourth-order valence-electron chi connectivity index (χ4n) is 2.05. The van der Waals surface area contributed by atoms with Gasteiger partial charge in [-0.2, -0.15) is 0 Å². The molecule has 1 aromatic carbocycles. The first kappa shape index (κ1) is 16.7. The summed E-state index contributed by atoms with van der Waals surface area (Å²) >= 11 is 13.9. The van der Waals surface area contributed by atoms with Crippen LogP contribution in [0.1, 0.15) is 35.4 Å². The zero-order chi connectivity index (χ0) is 14.7. The third kappa shape index (κ3) is 3.77. The molecule has 1 N–H and O–H groups in total. The Morgan fingerprint density at radius 3 is 2.80 bits per heavy atom. The number of hydrogen-bond donors (Lipinski definition) is 1. The van der Waals surface area contributed by atoms with Gasteiger partial charge in [0.1, 0.15) is 0 Å². The van der Waals surface area contributed by atoms with Crippen molar-refractivity contribution in [3.63, 3.8) is 0 Å². The van der Waals surface area contributed by atoms with Crippen molar-refractivity contribution in [2.24, 2.45) is 0 Å². The molecule has 1 aromatic heterocycles. The third-order valence-electron chi connectivity index (χ3n) is 3.08. The molecule has 0 aliphatic rings. The SMILES string of the molecule is CCCNC(c1cc(Cl)c(Br)s1)c1cccc(C)c1I. The Hall–Kier alpha value is 0.380. The number of nitrogens with one attached hydrogen (secondary N) is 1. The summed E-state index contributed by atoms with van der Waals surface area (Å²) < 4.78 is 2.32. The van der Waals surface area contributed by atoms with Crippen LogP contribution in [0.2, 0.25) is 5.02 Å². The van der Waals surface area contributed by atoms with Gasteiger partial charge >= 0.3 is 0 Å². The summed E-state index contributed by atoms with van der Waals surface area (Å²) in [5, 5.41) is 4.42. The van der Waals surface area contributed by atoms with E-state index in [0.29, 0.717) is 0 Å². The highest BCUT2D eigenvalue weighted by atomic mass is 127. The standard InChI is InChI=1S/C15H16BrClINS/c1-3-7-19-14(12-8-11(17)15(16)20-12)10-6-4-5-9(2)13(10)18/h4-6,8,14,19H,3,7H2,1-2H3. The summed E-state index contributed by atoms with van der Waals surface area (Å²) in [5.74, 6) is 0. The summed E-state index contributed by atoms with van der Waals surface area (Å²) in [6, 6.07) is 8.73. The monoisotopic (exact) mass is 483 g/mol. The van der Waals surface area contributed by atoms with Crippen LogP contribution in [0.15, 0.2) is 28.1 Å². The van der Waals surface area contributed by atoms with E-state index in [2.05, 4.69) is 82.0 Å². The zero-order valence-corrected chi connectivity index (χ0v) is 16.7. The minimum Gasteiger partial charge on any atom is -0.306 e. The van der Waals surface area contributed by atoms with Crippen molar-refractivity contribution in [2.75, 3.05) is 6.54 Å². The Morgan fingerprint density at radius 2 is 2.20 bits per heavy atom. The molecule has 1 atom stereocenters. The molecular formula is C15H16BrClINS. The first-order valence-corrected chi connectivity index (χ1v) is 9.54. The van der Waals surface area contributed by atoms with Crippen LogP contribution in [0.25, 0.3) is 0 Å². The van der Waals surface area contributed by atoms with Crippen molar-refractivity contribution in [2.45, 2.75) is 26.3 Å². The predicted molar refractivity (Wildman–Crippen MR) is 101 cm³/mol. The Bertz CT molecular complexity index is 580. The molecule has 1 nitrogen and oxygen atoms in total. The summed E-state index contributed by atoms with van der Waals surface area (Å²) in [6.45, 7) is 5.32. The van der Waals surface area contributed by atoms with Gasteiger partial charge < -0.3 is 5.32 Å². The van der Waals surface area contributed by atoms with E-state index in [1.165, 1.54) is 19.6 Å². The molecule has 0 fully saturated rings. The van der Waals surface area contributed by atoms with E-state index in [1.54, 1.807) is 11.3 Å². The van der Waals surface area contributed by atoms with Crippen LogP contribution in [-0.2, 0) is 0 Å². The molecule has 20 heavy (non-hydrogen) atoms. The van der Waals surface area contributed by atoms with Gasteiger partial charge in [-0.05, 0) is 75.6 Å². The first-order chi connectivity index (χ1) is 9.54. The van der Waals surface area contributed by atoms with E-state index >= 15 is 0 Å². The van der Waals surface area contributed by atoms with Gasteiger partial charge in [0.25, 0.3) is 0 Å². The maximum Gasteiger partial charge on any atom is 0.0888 e. The molecular weight excluding hydrogens is 469 g/mol. The molecule has 0 spiro atoms. The van der Waals surface area contributed by atoms with Crippen LogP contribution in [-0.4, -0.2) is 6.54 Å². The Balaban J connectivity index is 2.44. The molecule has 1 unspecified atom stereocenters. The van der Waals surface area contributed by atoms with Gasteiger partial charge in [0.15, 0.2) is 0 Å². The molecule has 5 heteroatoms. The predicted octanol–water partition coefficient (Wildman–Crippen LogP) is 6.17. The van der Waals surface area contributed by atoms with Crippen molar-refractivity contribution in [3.05, 3.63) is 52.6 Å². The average Bonchev–Trinajstić information content (AvgIpc) is 2.74. The summed E-state index contributed by atoms with van der Waals surface area (Å²) in [6.07, 6.45) is 1.11. The average molecular weight is 485 g/mol. The summed E-state index contributed by atoms with van der Waals surface area (Å²) in [5.41, 5.74) is 2.64. The maximum atomic E-state index is 6.20. The van der Waals surface area contributed by atoms with Gasteiger partial charge in [0.05, 0.1) is 14.9 Å². The third-order valence-corrected chi connectivity index (χ3v) is 7.09. The molecule has 0 saturated carbocycles. The van der Waals surface area contributed by atoms with Crippen LogP contribution in [0.4, 0.5) is 0 Å². The van der Waals surface area contributed by atoms with E-state index in [0.717, 1.165) is 21.8 Å². The number of benzene rings is 1. The molecule has 108 valence electrons. The zero-order valence-electron chi connectivity index (χ0n) is 11.3. The molecule has 1 heterocycles. The second-order valence-electron chi connectivity index (χ2n) is 4.64. The van der Waals surface area contributed by atoms with Gasteiger partial charge in [-0.1, -0.05) is 36.7 Å². The topological polar surface area (TPSA) is 12.0 Å².